The molecule has 0 aromatic carbocycles. The Bertz CT molecular complexity index is 647. The third-order valence-electron chi connectivity index (χ3n) is 1.99. The number of urea groups is 1. The number of thioether (sulfide) groups is 1. The van der Waals surface area contributed by atoms with Gasteiger partial charge in [-0.05, 0) is 12.7 Å². The fourth-order valence-electron chi connectivity index (χ4n) is 1.35. The van der Waals surface area contributed by atoms with E-state index in [-0.39, 0.29) is 0 Å². The number of carbonyl (C=O) groups is 2. The SMILES string of the molecule is [2H]C1S[C@@]([2H])(C([2H])([2H])C([2H])([2H])C([2H])([2H])C([2H])([2H])C(=O)O)[C@H]2NC(=O)N[C@@H]12. The average molecular weight is 254 g/mol. The summed E-state index contributed by atoms with van der Waals surface area (Å²) in [5.41, 5.74) is -1.26. The molecule has 0 aromatic rings. The minimum atomic E-state index is -3.88. The Kier molecular flexibility index (Phi) is 1.36. The molecule has 0 spiro atoms. The zero-order chi connectivity index (χ0) is 20.5. The predicted octanol–water partition coefficient (Wildman–Crippen LogP) is 0.797. The smallest absolute Gasteiger partial charge is 0.315 e. The first-order valence-corrected chi connectivity index (χ1v) is 5.23. The number of nitrogens with one attached hydrogen (secondary N) is 2. The number of rotatable bonds is 5. The lowest BCUT2D eigenvalue weighted by Gasteiger charge is -2.16. The largest absolute Gasteiger partial charge is 0.481 e. The van der Waals surface area contributed by atoms with Crippen LogP contribution < -0.4 is 10.6 Å². The molecule has 6 heteroatoms. The molecule has 3 N–H and O–H groups in total. The van der Waals surface area contributed by atoms with Crippen molar-refractivity contribution in [2.75, 3.05) is 5.73 Å². The van der Waals surface area contributed by atoms with Crippen LogP contribution in [-0.2, 0) is 4.79 Å². The number of hydrogen-bond acceptors (Lipinski definition) is 3. The van der Waals surface area contributed by atoms with E-state index in [9.17, 15) is 9.59 Å². The third kappa shape index (κ3) is 2.61. The maximum Gasteiger partial charge on any atom is 0.315 e. The van der Waals surface area contributed by atoms with Gasteiger partial charge in [0.15, 0.2) is 0 Å². The highest BCUT2D eigenvalue weighted by molar-refractivity contribution is 8.00. The fourth-order valence-corrected chi connectivity index (χ4v) is 2.33. The van der Waals surface area contributed by atoms with E-state index in [1.165, 1.54) is 0 Å². The zero-order valence-corrected chi connectivity index (χ0v) is 8.72. The number of carboxylic acid groups (broad SMARTS) is 1. The van der Waals surface area contributed by atoms with E-state index in [0.717, 1.165) is 0 Å². The molecule has 2 aliphatic heterocycles. The number of carboxylic acids is 1. The van der Waals surface area contributed by atoms with Gasteiger partial charge in [-0.1, -0.05) is 6.37 Å². The van der Waals surface area contributed by atoms with Gasteiger partial charge in [-0.3, -0.25) is 4.79 Å². The minimum Gasteiger partial charge on any atom is -0.481 e. The van der Waals surface area contributed by atoms with E-state index < -0.39 is 60.5 Å². The summed E-state index contributed by atoms with van der Waals surface area (Å²) in [6.45, 7) is 0. The molecule has 2 heterocycles. The van der Waals surface area contributed by atoms with Crippen molar-refractivity contribution in [3.8, 4) is 0 Å². The Morgan fingerprint density at radius 3 is 3.25 bits per heavy atom. The highest BCUT2D eigenvalue weighted by atomic mass is 32.2. The van der Waals surface area contributed by atoms with Gasteiger partial charge in [0, 0.05) is 31.0 Å². The molecule has 2 fully saturated rings. The van der Waals surface area contributed by atoms with Gasteiger partial charge in [-0.15, -0.1) is 0 Å². The predicted molar refractivity (Wildman–Crippen MR) is 61.6 cm³/mol. The number of hydrogen-bond donors (Lipinski definition) is 3. The molecule has 0 aromatic heterocycles. The van der Waals surface area contributed by atoms with Crippen LogP contribution in [0.15, 0.2) is 0 Å². The van der Waals surface area contributed by atoms with Crippen molar-refractivity contribution >= 4 is 23.8 Å². The van der Waals surface area contributed by atoms with Crippen LogP contribution in [0.2, 0.25) is 0 Å². The Balaban J connectivity index is 2.54. The first-order valence-electron chi connectivity index (χ1n) is 9.43. The molecular weight excluding hydrogens is 228 g/mol. The highest BCUT2D eigenvalue weighted by Crippen LogP contribution is 2.33. The van der Waals surface area contributed by atoms with Gasteiger partial charge in [0.2, 0.25) is 0 Å². The van der Waals surface area contributed by atoms with E-state index in [4.69, 9.17) is 18.8 Å². The summed E-state index contributed by atoms with van der Waals surface area (Å²) >= 11 is 0.335. The summed E-state index contributed by atoms with van der Waals surface area (Å²) in [5, 5.41) is 10.8. The number of fused-ring (bicyclic) bond motifs is 1. The average Bonchev–Trinajstić information content (AvgIpc) is 2.97. The lowest BCUT2D eigenvalue weighted by atomic mass is 10.0. The van der Waals surface area contributed by atoms with Crippen LogP contribution in [0.25, 0.3) is 0 Å². The summed E-state index contributed by atoms with van der Waals surface area (Å²) in [5.74, 6) is -2.33. The molecule has 0 radical (unpaired) electrons. The Hall–Kier alpha value is -0.910. The number of aliphatic carboxylic acids is 1. The summed E-state index contributed by atoms with van der Waals surface area (Å²) < 4.78 is 78.5. The summed E-state index contributed by atoms with van der Waals surface area (Å²) in [6.07, 6.45) is -15.0. The van der Waals surface area contributed by atoms with Crippen molar-refractivity contribution in [2.24, 2.45) is 0 Å². The molecule has 16 heavy (non-hydrogen) atoms. The first kappa shape index (κ1) is 4.40. The van der Waals surface area contributed by atoms with Crippen molar-refractivity contribution in [3.05, 3.63) is 0 Å². The molecule has 2 amide bonds. The van der Waals surface area contributed by atoms with Crippen molar-refractivity contribution in [3.63, 3.8) is 0 Å². The quantitative estimate of drug-likeness (QED) is 0.634. The third-order valence-corrected chi connectivity index (χ3v) is 3.02. The van der Waals surface area contributed by atoms with Crippen LogP contribution >= 0.6 is 11.8 Å². The Morgan fingerprint density at radius 2 is 2.50 bits per heavy atom. The van der Waals surface area contributed by atoms with Gasteiger partial charge in [0.05, 0.1) is 12.1 Å². The van der Waals surface area contributed by atoms with Crippen molar-refractivity contribution in [2.45, 2.75) is 42.8 Å². The maximum atomic E-state index is 11.5. The van der Waals surface area contributed by atoms with Crippen LogP contribution in [0.5, 0.6) is 0 Å². The van der Waals surface area contributed by atoms with Gasteiger partial charge >= 0.3 is 12.0 Å². The molecule has 2 saturated heterocycles. The molecule has 2 rings (SSSR count). The molecule has 0 aliphatic carbocycles. The molecule has 4 atom stereocenters. The number of carbonyl (C=O) groups excluding carboxylic acids is 1. The standard InChI is InChI=1S/C10H16N2O3S/c13-8(14)4-2-1-3-7-9-6(5-16-7)11-10(15)12-9/h6-7,9H,1-5H2,(H,13,14)(H2,11,12,15)/t6-,7-,9-/m0/s1/i1D2,2D2,3D2,4D2,5D,7D/t5?,6-,7-,9-. The van der Waals surface area contributed by atoms with Crippen molar-refractivity contribution < 1.29 is 28.4 Å². The molecular formula is C10H16N2O3S. The second-order valence-corrected chi connectivity index (χ2v) is 3.99. The second-order valence-electron chi connectivity index (χ2n) is 3.04. The molecule has 90 valence electrons. The van der Waals surface area contributed by atoms with Crippen LogP contribution in [-0.4, -0.2) is 40.1 Å². The van der Waals surface area contributed by atoms with Gasteiger partial charge in [0.25, 0.3) is 0 Å². The Morgan fingerprint density at radius 1 is 1.69 bits per heavy atom. The van der Waals surface area contributed by atoms with E-state index >= 15 is 0 Å². The highest BCUT2D eigenvalue weighted by Gasteiger charge is 2.42. The van der Waals surface area contributed by atoms with Crippen LogP contribution in [0.4, 0.5) is 4.79 Å². The molecule has 1 unspecified atom stereocenters. The monoisotopic (exact) mass is 254 g/mol. The number of amides is 2. The van der Waals surface area contributed by atoms with Gasteiger partial charge in [-0.25, -0.2) is 4.79 Å². The molecule has 5 nitrogen and oxygen atoms in total. The normalized spacial score (nSPS) is 54.0. The van der Waals surface area contributed by atoms with Crippen molar-refractivity contribution in [1.29, 1.82) is 0 Å². The van der Waals surface area contributed by atoms with Gasteiger partial charge in [0.1, 0.15) is 0 Å². The molecule has 2 aliphatic rings. The van der Waals surface area contributed by atoms with Crippen LogP contribution in [0.1, 0.15) is 39.2 Å². The Labute approximate surface area is 112 Å². The molecule has 0 saturated carbocycles. The van der Waals surface area contributed by atoms with Crippen molar-refractivity contribution in [1.82, 2.24) is 10.6 Å². The minimum absolute atomic E-state index is 0.335. The van der Waals surface area contributed by atoms with Crippen LogP contribution in [0.3, 0.4) is 0 Å². The van der Waals surface area contributed by atoms with Crippen LogP contribution in [0, 0.1) is 0 Å². The lowest BCUT2D eigenvalue weighted by Crippen LogP contribution is -2.36. The van der Waals surface area contributed by atoms with E-state index in [2.05, 4.69) is 10.6 Å². The first-order chi connectivity index (χ1) is 11.4. The van der Waals surface area contributed by atoms with E-state index in [1.54, 1.807) is 0 Å². The zero-order valence-electron chi connectivity index (χ0n) is 17.9. The summed E-state index contributed by atoms with van der Waals surface area (Å²) in [7, 11) is 0. The molecule has 0 bridgehead atoms. The topological polar surface area (TPSA) is 78.4 Å². The second kappa shape index (κ2) is 4.95. The van der Waals surface area contributed by atoms with E-state index in [0.29, 0.717) is 11.8 Å². The van der Waals surface area contributed by atoms with E-state index in [1.807, 2.05) is 0 Å². The van der Waals surface area contributed by atoms with Gasteiger partial charge in [-0.2, -0.15) is 11.8 Å². The maximum absolute atomic E-state index is 11.5. The summed E-state index contributed by atoms with van der Waals surface area (Å²) in [4.78, 5) is 22.6. The fraction of sp³-hybridized carbons (Fsp3) is 0.800. The lowest BCUT2D eigenvalue weighted by molar-refractivity contribution is -0.137. The summed E-state index contributed by atoms with van der Waals surface area (Å²) in [6, 6.07) is -3.24. The van der Waals surface area contributed by atoms with Gasteiger partial charge < -0.3 is 15.7 Å².